The van der Waals surface area contributed by atoms with Crippen molar-refractivity contribution in [1.29, 1.82) is 0 Å². The molecule has 6 aromatic carbocycles. The van der Waals surface area contributed by atoms with Gasteiger partial charge in [-0.05, 0) is 56.9 Å². The molecule has 4 atom stereocenters. The van der Waals surface area contributed by atoms with Crippen LogP contribution in [0.3, 0.4) is 0 Å². The zero-order valence-corrected chi connectivity index (χ0v) is 29.8. The Bertz CT molecular complexity index is 2180. The lowest BCUT2D eigenvalue weighted by molar-refractivity contribution is -0.172. The van der Waals surface area contributed by atoms with Crippen LogP contribution in [0.25, 0.3) is 21.5 Å². The third kappa shape index (κ3) is 6.40. The van der Waals surface area contributed by atoms with Gasteiger partial charge in [0, 0.05) is 13.1 Å². The lowest BCUT2D eigenvalue weighted by atomic mass is 9.86. The van der Waals surface area contributed by atoms with E-state index in [1.165, 1.54) is 0 Å². The molecule has 0 aromatic heterocycles. The van der Waals surface area contributed by atoms with Gasteiger partial charge in [0.1, 0.15) is 25.3 Å². The van der Waals surface area contributed by atoms with Crippen LogP contribution >= 0.6 is 0 Å². The maximum absolute atomic E-state index is 14.2. The first-order chi connectivity index (χ1) is 26.6. The molecule has 2 heterocycles. The summed E-state index contributed by atoms with van der Waals surface area (Å²) in [5.74, 6) is 1.70. The number of fused-ring (bicyclic) bond motifs is 2. The van der Waals surface area contributed by atoms with Crippen molar-refractivity contribution in [3.05, 3.63) is 170 Å². The molecule has 0 saturated carbocycles. The van der Waals surface area contributed by atoms with Gasteiger partial charge in [0.05, 0.1) is 0 Å². The lowest BCUT2D eigenvalue weighted by Crippen LogP contribution is -2.66. The minimum Gasteiger partial charge on any atom is -0.486 e. The molecular formula is C46H40N2O6. The van der Waals surface area contributed by atoms with E-state index in [9.17, 15) is 9.59 Å². The molecule has 0 radical (unpaired) electrons. The standard InChI is InChI=1S/C46H40N2O6/c1-3-29-51-37-23-9-11-25-39(37)53-43-41(35-21-13-17-31-15-5-7-19-33(31)35)47(45(43)49)27-28-48-42(36-22-14-18-32-16-6-8-20-34(32)36)44(46(48)50)54-40-26-12-10-24-38(40)52-30-4-2/h3-26,41-44H,1-2,27-30H2/t41-,42-,43+,44+/m1/s1. The smallest absolute Gasteiger partial charge is 0.266 e. The second kappa shape index (κ2) is 15.2. The van der Waals surface area contributed by atoms with Crippen molar-refractivity contribution in [2.24, 2.45) is 0 Å². The number of nitrogens with zero attached hydrogens (tertiary/aromatic N) is 2. The van der Waals surface area contributed by atoms with Gasteiger partial charge in [-0.15, -0.1) is 0 Å². The van der Waals surface area contributed by atoms with Crippen molar-refractivity contribution in [3.8, 4) is 23.0 Å². The molecule has 8 heteroatoms. The summed E-state index contributed by atoms with van der Waals surface area (Å²) in [7, 11) is 0. The first-order valence-corrected chi connectivity index (χ1v) is 18.1. The Morgan fingerprint density at radius 1 is 0.481 bits per heavy atom. The van der Waals surface area contributed by atoms with Gasteiger partial charge in [-0.3, -0.25) is 9.59 Å². The summed E-state index contributed by atoms with van der Waals surface area (Å²) in [6, 6.07) is 42.4. The topological polar surface area (TPSA) is 77.5 Å². The fourth-order valence-electron chi connectivity index (χ4n) is 7.56. The van der Waals surface area contributed by atoms with Gasteiger partial charge >= 0.3 is 0 Å². The SMILES string of the molecule is C=CCOc1ccccc1O[C@@H]1C(=O)N(CCN2C(=O)[C@@H](Oc3ccccc3OCC=C)[C@H]2c2cccc3ccccc23)[C@@H]1c1cccc2ccccc12. The molecule has 270 valence electrons. The molecule has 8 nitrogen and oxygen atoms in total. The molecule has 8 rings (SSSR count). The van der Waals surface area contributed by atoms with Crippen LogP contribution in [-0.4, -0.2) is 60.1 Å². The van der Waals surface area contributed by atoms with Crippen molar-refractivity contribution in [2.75, 3.05) is 26.3 Å². The maximum Gasteiger partial charge on any atom is 0.266 e. The Kier molecular flexibility index (Phi) is 9.73. The zero-order chi connectivity index (χ0) is 37.0. The molecular weight excluding hydrogens is 677 g/mol. The summed E-state index contributed by atoms with van der Waals surface area (Å²) in [6.45, 7) is 8.70. The summed E-state index contributed by atoms with van der Waals surface area (Å²) in [5.41, 5.74) is 1.94. The number of carbonyl (C=O) groups is 2. The molecule has 6 aromatic rings. The number of ether oxygens (including phenoxy) is 4. The average Bonchev–Trinajstić information content (AvgIpc) is 3.22. The highest BCUT2D eigenvalue weighted by Gasteiger charge is 2.54. The van der Waals surface area contributed by atoms with Gasteiger partial charge in [0.25, 0.3) is 11.8 Å². The van der Waals surface area contributed by atoms with Crippen LogP contribution in [-0.2, 0) is 9.59 Å². The number of para-hydroxylation sites is 4. The van der Waals surface area contributed by atoms with E-state index in [0.717, 1.165) is 32.7 Å². The van der Waals surface area contributed by atoms with Gasteiger partial charge in [-0.25, -0.2) is 0 Å². The summed E-state index contributed by atoms with van der Waals surface area (Å²) in [4.78, 5) is 32.0. The van der Waals surface area contributed by atoms with Crippen LogP contribution in [0.4, 0.5) is 0 Å². The van der Waals surface area contributed by atoms with E-state index in [0.29, 0.717) is 49.3 Å². The molecule has 2 aliphatic heterocycles. The monoisotopic (exact) mass is 716 g/mol. The van der Waals surface area contributed by atoms with Crippen LogP contribution in [0.1, 0.15) is 23.2 Å². The van der Waals surface area contributed by atoms with Crippen molar-refractivity contribution in [1.82, 2.24) is 9.80 Å². The number of hydrogen-bond donors (Lipinski definition) is 0. The second-order valence-corrected chi connectivity index (χ2v) is 13.3. The minimum absolute atomic E-state index is 0.165. The summed E-state index contributed by atoms with van der Waals surface area (Å²) in [5, 5.41) is 4.20. The number of hydrogen-bond acceptors (Lipinski definition) is 6. The van der Waals surface area contributed by atoms with Gasteiger partial charge in [0.2, 0.25) is 12.2 Å². The largest absolute Gasteiger partial charge is 0.486 e. The van der Waals surface area contributed by atoms with Gasteiger partial charge < -0.3 is 28.7 Å². The third-order valence-electron chi connectivity index (χ3n) is 10.1. The van der Waals surface area contributed by atoms with Gasteiger partial charge in [-0.1, -0.05) is 135 Å². The Hall–Kier alpha value is -6.54. The molecule has 0 unspecified atom stereocenters. The number of amides is 2. The molecule has 0 N–H and O–H groups in total. The van der Waals surface area contributed by atoms with E-state index in [2.05, 4.69) is 49.6 Å². The number of rotatable bonds is 15. The van der Waals surface area contributed by atoms with Crippen LogP contribution in [0.5, 0.6) is 23.0 Å². The molecule has 54 heavy (non-hydrogen) atoms. The second-order valence-electron chi connectivity index (χ2n) is 13.3. The van der Waals surface area contributed by atoms with E-state index in [1.54, 1.807) is 12.2 Å². The van der Waals surface area contributed by atoms with Crippen molar-refractivity contribution < 1.29 is 28.5 Å². The Labute approximate surface area is 314 Å². The summed E-state index contributed by atoms with van der Waals surface area (Å²) in [6.07, 6.45) is 1.74. The highest BCUT2D eigenvalue weighted by molar-refractivity contribution is 5.95. The molecule has 2 fully saturated rings. The van der Waals surface area contributed by atoms with Crippen molar-refractivity contribution >= 4 is 33.4 Å². The quantitative estimate of drug-likeness (QED) is 0.0784. The normalized spacial score (nSPS) is 19.2. The van der Waals surface area contributed by atoms with Crippen LogP contribution in [0.15, 0.2) is 159 Å². The van der Waals surface area contributed by atoms with Crippen LogP contribution in [0, 0.1) is 0 Å². The van der Waals surface area contributed by atoms with Crippen LogP contribution < -0.4 is 18.9 Å². The molecule has 2 aliphatic rings. The van der Waals surface area contributed by atoms with Crippen molar-refractivity contribution in [2.45, 2.75) is 24.3 Å². The van der Waals surface area contributed by atoms with E-state index in [4.69, 9.17) is 18.9 Å². The number of carbonyl (C=O) groups excluding carboxylic acids is 2. The molecule has 0 spiro atoms. The van der Waals surface area contributed by atoms with Crippen LogP contribution in [0.2, 0.25) is 0 Å². The lowest BCUT2D eigenvalue weighted by Gasteiger charge is -2.51. The Balaban J connectivity index is 1.11. The maximum atomic E-state index is 14.2. The van der Waals surface area contributed by atoms with E-state index < -0.39 is 24.3 Å². The summed E-state index contributed by atoms with van der Waals surface area (Å²) >= 11 is 0. The summed E-state index contributed by atoms with van der Waals surface area (Å²) < 4.78 is 24.7. The number of likely N-dealkylation sites (tertiary alicyclic amines) is 2. The first-order valence-electron chi connectivity index (χ1n) is 18.1. The average molecular weight is 717 g/mol. The fourth-order valence-corrected chi connectivity index (χ4v) is 7.56. The predicted octanol–water partition coefficient (Wildman–Crippen LogP) is 8.48. The first kappa shape index (κ1) is 34.5. The molecule has 0 bridgehead atoms. The fraction of sp³-hybridized carbons (Fsp3) is 0.174. The predicted molar refractivity (Wildman–Crippen MR) is 210 cm³/mol. The molecule has 2 saturated heterocycles. The minimum atomic E-state index is -0.798. The van der Waals surface area contributed by atoms with E-state index >= 15 is 0 Å². The Morgan fingerprint density at radius 2 is 0.852 bits per heavy atom. The number of β-lactam (4-membered cyclic amide) rings is 2. The van der Waals surface area contributed by atoms with E-state index in [1.807, 2.05) is 107 Å². The third-order valence-corrected chi connectivity index (χ3v) is 10.1. The highest BCUT2D eigenvalue weighted by atomic mass is 16.5. The van der Waals surface area contributed by atoms with E-state index in [-0.39, 0.29) is 11.8 Å². The highest BCUT2D eigenvalue weighted by Crippen LogP contribution is 2.45. The Morgan fingerprint density at radius 3 is 1.28 bits per heavy atom. The number of benzene rings is 6. The van der Waals surface area contributed by atoms with Gasteiger partial charge in [0.15, 0.2) is 23.0 Å². The molecule has 2 amide bonds. The van der Waals surface area contributed by atoms with Gasteiger partial charge in [-0.2, -0.15) is 0 Å². The zero-order valence-electron chi connectivity index (χ0n) is 29.8. The molecule has 0 aliphatic carbocycles. The van der Waals surface area contributed by atoms with Crippen molar-refractivity contribution in [3.63, 3.8) is 0 Å².